The molecule has 0 saturated carbocycles. The van der Waals surface area contributed by atoms with Gasteiger partial charge in [0.1, 0.15) is 11.3 Å². The number of nitrogen functional groups attached to an aromatic ring is 1. The maximum Gasteiger partial charge on any atom is 0.360 e. The van der Waals surface area contributed by atoms with Gasteiger partial charge in [-0.1, -0.05) is 15.9 Å². The summed E-state index contributed by atoms with van der Waals surface area (Å²) >= 11 is 3.26. The van der Waals surface area contributed by atoms with Crippen molar-refractivity contribution < 1.29 is 17.8 Å². The molecule has 11 heteroatoms. The average molecular weight is 440 g/mol. The molecule has 0 aliphatic carbocycles. The molecule has 0 saturated heterocycles. The molecule has 2 aromatic carbocycles. The van der Waals surface area contributed by atoms with Crippen molar-refractivity contribution in [2.75, 3.05) is 10.5 Å². The highest BCUT2D eigenvalue weighted by Crippen LogP contribution is 2.28. The number of sulfonamides is 1. The van der Waals surface area contributed by atoms with Crippen LogP contribution in [0, 0.1) is 10.1 Å². The summed E-state index contributed by atoms with van der Waals surface area (Å²) in [7, 11) is -4.43. The number of fused-ring (bicyclic) bond motifs is 1. The number of anilines is 2. The van der Waals surface area contributed by atoms with Crippen molar-refractivity contribution in [3.8, 4) is 0 Å². The molecule has 0 aliphatic rings. The SMILES string of the molecule is Nc1ccc(S(=O)(=O)Nc2cc3cc(Br)ccc3oc2=O)c([N+](=O)[O-])c1. The summed E-state index contributed by atoms with van der Waals surface area (Å²) in [5, 5.41) is 11.6. The Morgan fingerprint density at radius 3 is 2.58 bits per heavy atom. The third-order valence-electron chi connectivity index (χ3n) is 3.41. The molecule has 1 heterocycles. The van der Waals surface area contributed by atoms with Crippen LogP contribution in [0.25, 0.3) is 11.0 Å². The lowest BCUT2D eigenvalue weighted by Gasteiger charge is -2.09. The molecule has 0 amide bonds. The fraction of sp³-hybridized carbons (Fsp3) is 0. The molecule has 0 atom stereocenters. The van der Waals surface area contributed by atoms with Gasteiger partial charge in [-0.05, 0) is 36.4 Å². The van der Waals surface area contributed by atoms with Gasteiger partial charge < -0.3 is 10.2 Å². The van der Waals surface area contributed by atoms with Crippen LogP contribution in [-0.4, -0.2) is 13.3 Å². The predicted octanol–water partition coefficient (Wildman–Crippen LogP) is 2.85. The number of nitro benzene ring substituents is 1. The average Bonchev–Trinajstić information content (AvgIpc) is 2.55. The molecular formula is C15H10BrN3O6S. The summed E-state index contributed by atoms with van der Waals surface area (Å²) in [5.41, 5.74) is 3.76. The number of nitro groups is 1. The molecule has 1 aromatic heterocycles. The van der Waals surface area contributed by atoms with Crippen molar-refractivity contribution in [2.45, 2.75) is 4.90 Å². The van der Waals surface area contributed by atoms with E-state index in [0.717, 1.165) is 12.1 Å². The normalized spacial score (nSPS) is 11.4. The van der Waals surface area contributed by atoms with Crippen LogP contribution in [0.15, 0.2) is 61.0 Å². The van der Waals surface area contributed by atoms with Crippen molar-refractivity contribution in [3.63, 3.8) is 0 Å². The van der Waals surface area contributed by atoms with Crippen LogP contribution in [-0.2, 0) is 10.0 Å². The number of nitrogens with two attached hydrogens (primary N) is 1. The fourth-order valence-corrected chi connectivity index (χ4v) is 3.85. The van der Waals surface area contributed by atoms with Gasteiger partial charge in [0.15, 0.2) is 4.90 Å². The Bertz CT molecular complexity index is 1210. The second-order valence-corrected chi connectivity index (χ2v) is 7.79. The third-order valence-corrected chi connectivity index (χ3v) is 5.31. The molecule has 0 bridgehead atoms. The minimum absolute atomic E-state index is 0.0331. The van der Waals surface area contributed by atoms with E-state index < -0.39 is 31.2 Å². The Hall–Kier alpha value is -2.92. The van der Waals surface area contributed by atoms with E-state index in [0.29, 0.717) is 9.86 Å². The fourth-order valence-electron chi connectivity index (χ4n) is 2.27. The summed E-state index contributed by atoms with van der Waals surface area (Å²) < 4.78 is 32.9. The molecule has 0 fully saturated rings. The molecule has 134 valence electrons. The zero-order valence-corrected chi connectivity index (χ0v) is 15.2. The van der Waals surface area contributed by atoms with Gasteiger partial charge in [-0.25, -0.2) is 13.2 Å². The van der Waals surface area contributed by atoms with Crippen molar-refractivity contribution >= 4 is 54.0 Å². The predicted molar refractivity (Wildman–Crippen MR) is 98.5 cm³/mol. The van der Waals surface area contributed by atoms with Gasteiger partial charge in [0.2, 0.25) is 0 Å². The molecular weight excluding hydrogens is 430 g/mol. The quantitative estimate of drug-likeness (QED) is 0.275. The van der Waals surface area contributed by atoms with E-state index in [1.54, 1.807) is 18.2 Å². The molecule has 9 nitrogen and oxygen atoms in total. The van der Waals surface area contributed by atoms with Crippen molar-refractivity contribution in [1.29, 1.82) is 0 Å². The van der Waals surface area contributed by atoms with Gasteiger partial charge in [-0.3, -0.25) is 14.8 Å². The first kappa shape index (κ1) is 17.9. The summed E-state index contributed by atoms with van der Waals surface area (Å²) in [6.07, 6.45) is 0. The Kier molecular flexibility index (Phi) is 4.42. The molecule has 0 spiro atoms. The molecule has 0 radical (unpaired) electrons. The van der Waals surface area contributed by atoms with Crippen LogP contribution in [0.3, 0.4) is 0 Å². The van der Waals surface area contributed by atoms with E-state index in [1.807, 2.05) is 4.72 Å². The van der Waals surface area contributed by atoms with E-state index in [4.69, 9.17) is 10.2 Å². The van der Waals surface area contributed by atoms with Crippen LogP contribution in [0.5, 0.6) is 0 Å². The molecule has 3 aromatic rings. The van der Waals surface area contributed by atoms with Crippen molar-refractivity contribution in [1.82, 2.24) is 0 Å². The van der Waals surface area contributed by atoms with Crippen LogP contribution >= 0.6 is 15.9 Å². The molecule has 0 unspecified atom stereocenters. The molecule has 0 aliphatic heterocycles. The second kappa shape index (κ2) is 6.42. The van der Waals surface area contributed by atoms with E-state index in [9.17, 15) is 23.3 Å². The highest BCUT2D eigenvalue weighted by Gasteiger charge is 2.27. The van der Waals surface area contributed by atoms with Gasteiger partial charge >= 0.3 is 5.63 Å². The molecule has 3 rings (SSSR count). The zero-order valence-electron chi connectivity index (χ0n) is 12.8. The summed E-state index contributed by atoms with van der Waals surface area (Å²) in [6, 6.07) is 9.25. The number of rotatable bonds is 4. The third kappa shape index (κ3) is 3.39. The second-order valence-electron chi connectivity index (χ2n) is 5.22. The Morgan fingerprint density at radius 1 is 1.15 bits per heavy atom. The van der Waals surface area contributed by atoms with Crippen LogP contribution in [0.1, 0.15) is 0 Å². The maximum absolute atomic E-state index is 12.5. The number of hydrogen-bond donors (Lipinski definition) is 2. The highest BCUT2D eigenvalue weighted by atomic mass is 79.9. The lowest BCUT2D eigenvalue weighted by molar-refractivity contribution is -0.387. The van der Waals surface area contributed by atoms with Gasteiger partial charge in [0, 0.05) is 21.6 Å². The summed E-state index contributed by atoms with van der Waals surface area (Å²) in [5.74, 6) is 0. The van der Waals surface area contributed by atoms with Crippen LogP contribution in [0.2, 0.25) is 0 Å². The lowest BCUT2D eigenvalue weighted by atomic mass is 10.2. The standard InChI is InChI=1S/C15H10BrN3O6S/c16-9-1-3-13-8(5-9)6-11(15(20)25-13)18-26(23,24)14-4-2-10(17)7-12(14)19(21)22/h1-7,18H,17H2. The Morgan fingerprint density at radius 2 is 1.88 bits per heavy atom. The van der Waals surface area contributed by atoms with Crippen molar-refractivity contribution in [2.24, 2.45) is 0 Å². The number of nitrogens with one attached hydrogen (secondary N) is 1. The Balaban J connectivity index is 2.11. The summed E-state index contributed by atoms with van der Waals surface area (Å²) in [4.78, 5) is 21.7. The number of halogens is 1. The zero-order chi connectivity index (χ0) is 19.1. The lowest BCUT2D eigenvalue weighted by Crippen LogP contribution is -2.19. The Labute approximate surface area is 154 Å². The minimum atomic E-state index is -4.43. The number of nitrogens with zero attached hydrogens (tertiary/aromatic N) is 1. The first-order valence-corrected chi connectivity index (χ1v) is 9.25. The highest BCUT2D eigenvalue weighted by molar-refractivity contribution is 9.10. The number of benzene rings is 2. The van der Waals surface area contributed by atoms with Gasteiger partial charge in [0.25, 0.3) is 15.7 Å². The van der Waals surface area contributed by atoms with E-state index in [-0.39, 0.29) is 17.0 Å². The van der Waals surface area contributed by atoms with E-state index >= 15 is 0 Å². The van der Waals surface area contributed by atoms with Gasteiger partial charge in [-0.2, -0.15) is 0 Å². The molecule has 3 N–H and O–H groups in total. The van der Waals surface area contributed by atoms with E-state index in [1.165, 1.54) is 12.1 Å². The monoisotopic (exact) mass is 439 g/mol. The van der Waals surface area contributed by atoms with Crippen LogP contribution in [0.4, 0.5) is 17.1 Å². The largest absolute Gasteiger partial charge is 0.421 e. The minimum Gasteiger partial charge on any atom is -0.421 e. The van der Waals surface area contributed by atoms with Crippen LogP contribution < -0.4 is 16.1 Å². The smallest absolute Gasteiger partial charge is 0.360 e. The first-order chi connectivity index (χ1) is 12.2. The van der Waals surface area contributed by atoms with E-state index in [2.05, 4.69) is 15.9 Å². The van der Waals surface area contributed by atoms with Gasteiger partial charge in [-0.15, -0.1) is 0 Å². The molecule has 26 heavy (non-hydrogen) atoms. The first-order valence-electron chi connectivity index (χ1n) is 6.97. The van der Waals surface area contributed by atoms with Crippen molar-refractivity contribution in [3.05, 3.63) is 67.5 Å². The topological polar surface area (TPSA) is 146 Å². The van der Waals surface area contributed by atoms with Gasteiger partial charge in [0.05, 0.1) is 4.92 Å². The summed E-state index contributed by atoms with van der Waals surface area (Å²) in [6.45, 7) is 0. The maximum atomic E-state index is 12.5. The number of hydrogen-bond acceptors (Lipinski definition) is 7.